The molecular weight excluding hydrogens is 858 g/mol. The van der Waals surface area contributed by atoms with Crippen LogP contribution < -0.4 is 20.3 Å². The second kappa shape index (κ2) is 20.5. The second-order valence-corrected chi connectivity index (χ2v) is 18.7. The van der Waals surface area contributed by atoms with Gasteiger partial charge in [0.05, 0.1) is 36.4 Å². The predicted octanol–water partition coefficient (Wildman–Crippen LogP) is 5.77. The van der Waals surface area contributed by atoms with E-state index in [0.29, 0.717) is 69.4 Å². The van der Waals surface area contributed by atoms with E-state index in [0.717, 1.165) is 85.2 Å². The number of imide groups is 1. The Labute approximate surface area is 389 Å². The zero-order valence-corrected chi connectivity index (χ0v) is 38.0. The van der Waals surface area contributed by atoms with Crippen molar-refractivity contribution in [1.82, 2.24) is 25.0 Å². The maximum absolute atomic E-state index is 14.1. The number of likely N-dealkylation sites (tertiary alicyclic amines) is 1. The first-order valence-electron chi connectivity index (χ1n) is 23.9. The molecule has 15 nitrogen and oxygen atoms in total. The Morgan fingerprint density at radius 2 is 1.64 bits per heavy atom. The minimum absolute atomic E-state index is 0.00450. The third-order valence-corrected chi connectivity index (χ3v) is 14.6. The van der Waals surface area contributed by atoms with E-state index in [4.69, 9.17) is 9.47 Å². The van der Waals surface area contributed by atoms with E-state index in [-0.39, 0.29) is 54.3 Å². The first-order valence-corrected chi connectivity index (χ1v) is 23.9. The highest BCUT2D eigenvalue weighted by Crippen LogP contribution is 2.42. The van der Waals surface area contributed by atoms with Gasteiger partial charge in [-0.2, -0.15) is 0 Å². The molecular formula is C51H60FN7O8. The topological polar surface area (TPSA) is 174 Å². The molecule has 0 bridgehead atoms. The lowest BCUT2D eigenvalue weighted by molar-refractivity contribution is -0.139. The molecule has 3 atom stereocenters. The van der Waals surface area contributed by atoms with Crippen LogP contribution >= 0.6 is 0 Å². The van der Waals surface area contributed by atoms with E-state index in [1.54, 1.807) is 24.4 Å². The molecule has 16 heteroatoms. The molecule has 5 aliphatic rings. The number of hydrogen-bond donors (Lipinski definition) is 3. The van der Waals surface area contributed by atoms with Gasteiger partial charge < -0.3 is 29.7 Å². The van der Waals surface area contributed by atoms with Crippen LogP contribution in [0.3, 0.4) is 0 Å². The molecule has 1 saturated carbocycles. The van der Waals surface area contributed by atoms with Crippen molar-refractivity contribution >= 4 is 51.8 Å². The Kier molecular flexibility index (Phi) is 14.1. The molecule has 4 aliphatic heterocycles. The van der Waals surface area contributed by atoms with Crippen molar-refractivity contribution in [3.63, 3.8) is 0 Å². The molecule has 1 aliphatic carbocycles. The number of piperazine rings is 1. The summed E-state index contributed by atoms with van der Waals surface area (Å²) in [5.74, 6) is -0.352. The van der Waals surface area contributed by atoms with Crippen LogP contribution in [-0.4, -0.2) is 125 Å². The lowest BCUT2D eigenvalue weighted by Crippen LogP contribution is -2.53. The zero-order valence-electron chi connectivity index (χ0n) is 38.0. The lowest BCUT2D eigenvalue weighted by Gasteiger charge is -2.36. The maximum atomic E-state index is 14.1. The number of aromatic nitrogens is 1. The van der Waals surface area contributed by atoms with Crippen molar-refractivity contribution in [3.05, 3.63) is 95.4 Å². The molecule has 0 spiro atoms. The third-order valence-electron chi connectivity index (χ3n) is 14.6. The molecule has 5 heterocycles. The summed E-state index contributed by atoms with van der Waals surface area (Å²) in [6.45, 7) is 7.61. The number of hydrogen-bond acceptors (Lipinski definition) is 11. The molecule has 1 aromatic heterocycles. The Balaban J connectivity index is 0.641. The highest BCUT2D eigenvalue weighted by Gasteiger charge is 2.46. The van der Waals surface area contributed by atoms with Gasteiger partial charge in [0.1, 0.15) is 23.7 Å². The number of nitrogens with one attached hydrogen (secondary N) is 2. The van der Waals surface area contributed by atoms with Gasteiger partial charge in [0.2, 0.25) is 23.6 Å². The normalized spacial score (nSPS) is 23.3. The summed E-state index contributed by atoms with van der Waals surface area (Å²) in [6, 6.07) is 18.8. The first-order chi connectivity index (χ1) is 32.5. The van der Waals surface area contributed by atoms with Crippen molar-refractivity contribution < 1.29 is 42.9 Å². The summed E-state index contributed by atoms with van der Waals surface area (Å²) >= 11 is 0. The summed E-state index contributed by atoms with van der Waals surface area (Å²) < 4.78 is 26.2. The molecule has 3 N–H and O–H groups in total. The van der Waals surface area contributed by atoms with Gasteiger partial charge in [-0.25, -0.2) is 4.39 Å². The van der Waals surface area contributed by atoms with Crippen LogP contribution in [0.4, 0.5) is 15.8 Å². The second-order valence-electron chi connectivity index (χ2n) is 18.7. The standard InChI is InChI=1S/C51H60FN7O8/c1-32(33-5-7-34(8-6-33)39-17-21-53-42-14-9-35(52)31-41(39)42)48(62)54-36-10-12-37(13-11-36)67-38-18-22-58(23-19-38)46(61)20-29-66-30-28-56-24-26-57(27-25-56)43-4-2-3-40-47(43)51(65)59(50(40)64)44-15-16-45(60)55-49(44)63/h2-4,9-14,17,21,31-34,38,44,50,64H,5-8,15-16,18-20,22-30H2,1H3,(H,54,62)(H,55,60,63)/t32-,33-,34+,44?,50?/m1/s1. The van der Waals surface area contributed by atoms with Crippen LogP contribution in [0.25, 0.3) is 10.9 Å². The van der Waals surface area contributed by atoms with Gasteiger partial charge in [-0.1, -0.05) is 19.1 Å². The number of aliphatic hydroxyl groups is 1. The van der Waals surface area contributed by atoms with Crippen LogP contribution in [0.2, 0.25) is 0 Å². The molecule has 4 fully saturated rings. The largest absolute Gasteiger partial charge is 0.490 e. The fourth-order valence-electron chi connectivity index (χ4n) is 10.7. The van der Waals surface area contributed by atoms with Crippen LogP contribution in [0.1, 0.15) is 98.3 Å². The number of benzene rings is 3. The molecule has 67 heavy (non-hydrogen) atoms. The number of amides is 5. The number of pyridine rings is 1. The molecule has 9 rings (SSSR count). The summed E-state index contributed by atoms with van der Waals surface area (Å²) in [5, 5.41) is 17.3. The number of piperidine rings is 2. The average molecular weight is 918 g/mol. The van der Waals surface area contributed by atoms with E-state index < -0.39 is 24.1 Å². The summed E-state index contributed by atoms with van der Waals surface area (Å²) in [5.41, 5.74) is 4.28. The fraction of sp³-hybridized carbons (Fsp3) is 0.490. The fourth-order valence-corrected chi connectivity index (χ4v) is 10.7. The number of carbonyl (C=O) groups is 5. The summed E-state index contributed by atoms with van der Waals surface area (Å²) in [7, 11) is 0. The van der Waals surface area contributed by atoms with Gasteiger partial charge in [0.25, 0.3) is 5.91 Å². The predicted molar refractivity (Wildman–Crippen MR) is 249 cm³/mol. The van der Waals surface area contributed by atoms with E-state index >= 15 is 0 Å². The minimum Gasteiger partial charge on any atom is -0.490 e. The summed E-state index contributed by atoms with van der Waals surface area (Å²) in [4.78, 5) is 76.1. The monoisotopic (exact) mass is 917 g/mol. The van der Waals surface area contributed by atoms with Gasteiger partial charge >= 0.3 is 0 Å². The maximum Gasteiger partial charge on any atom is 0.259 e. The number of aliphatic hydroxyl groups excluding tert-OH is 1. The molecule has 0 radical (unpaired) electrons. The number of rotatable bonds is 14. The molecule has 354 valence electrons. The van der Waals surface area contributed by atoms with Crippen molar-refractivity contribution in [3.8, 4) is 5.75 Å². The van der Waals surface area contributed by atoms with Gasteiger partial charge in [-0.05, 0) is 104 Å². The highest BCUT2D eigenvalue weighted by molar-refractivity contribution is 6.08. The van der Waals surface area contributed by atoms with Crippen molar-refractivity contribution in [1.29, 1.82) is 0 Å². The lowest BCUT2D eigenvalue weighted by atomic mass is 9.73. The summed E-state index contributed by atoms with van der Waals surface area (Å²) in [6.07, 6.45) is 6.35. The van der Waals surface area contributed by atoms with Gasteiger partial charge in [0, 0.05) is 93.8 Å². The highest BCUT2D eigenvalue weighted by atomic mass is 19.1. The molecule has 3 saturated heterocycles. The van der Waals surface area contributed by atoms with Gasteiger partial charge in [-0.15, -0.1) is 0 Å². The number of ether oxygens (including phenoxy) is 2. The molecule has 3 aromatic carbocycles. The van der Waals surface area contributed by atoms with Crippen LogP contribution in [-0.2, 0) is 23.9 Å². The van der Waals surface area contributed by atoms with Crippen LogP contribution in [0.5, 0.6) is 5.75 Å². The number of carbonyl (C=O) groups excluding carboxylic acids is 5. The number of nitrogens with zero attached hydrogens (tertiary/aromatic N) is 5. The van der Waals surface area contributed by atoms with Gasteiger partial charge in [0.15, 0.2) is 6.23 Å². The Bertz CT molecular complexity index is 2470. The number of halogens is 1. The van der Waals surface area contributed by atoms with E-state index in [9.17, 15) is 33.5 Å². The molecule has 2 unspecified atom stereocenters. The molecule has 5 amide bonds. The number of anilines is 2. The Morgan fingerprint density at radius 1 is 0.881 bits per heavy atom. The van der Waals surface area contributed by atoms with Crippen molar-refractivity contribution in [2.45, 2.75) is 89.0 Å². The van der Waals surface area contributed by atoms with E-state index in [2.05, 4.69) is 25.4 Å². The quantitative estimate of drug-likeness (QED) is 0.104. The molecule has 4 aromatic rings. The van der Waals surface area contributed by atoms with Crippen molar-refractivity contribution in [2.75, 3.05) is 69.2 Å². The van der Waals surface area contributed by atoms with E-state index in [1.807, 2.05) is 54.3 Å². The zero-order chi connectivity index (χ0) is 46.6. The smallest absolute Gasteiger partial charge is 0.259 e. The minimum atomic E-state index is -1.26. The first kappa shape index (κ1) is 46.2. The van der Waals surface area contributed by atoms with Crippen LogP contribution in [0.15, 0.2) is 72.9 Å². The average Bonchev–Trinajstić information content (AvgIpc) is 3.60. The number of fused-ring (bicyclic) bond motifs is 2. The van der Waals surface area contributed by atoms with Gasteiger partial charge in [-0.3, -0.25) is 44.1 Å². The van der Waals surface area contributed by atoms with Crippen molar-refractivity contribution in [2.24, 2.45) is 11.8 Å². The Morgan fingerprint density at radius 3 is 2.39 bits per heavy atom. The SMILES string of the molecule is C[C@@H](C(=O)Nc1ccc(OC2CCN(C(=O)CCOCCN3CCN(c4cccc5c4C(=O)N(C4CCC(=O)NC4=O)C5O)CC3)CC2)cc1)[C@H]1CC[C@@H](c2ccnc3ccc(F)cc32)CC1. The third kappa shape index (κ3) is 10.3. The van der Waals surface area contributed by atoms with Crippen LogP contribution in [0, 0.1) is 17.7 Å². The van der Waals surface area contributed by atoms with E-state index in [1.165, 1.54) is 11.0 Å². The Hall–Kier alpha value is -5.97.